The Morgan fingerprint density at radius 2 is 0.589 bits per heavy atom. The minimum Gasteiger partial charge on any atom is -0.311 e. The van der Waals surface area contributed by atoms with Crippen LogP contribution in [0.4, 0.5) is 34.1 Å². The van der Waals surface area contributed by atoms with E-state index in [0.717, 1.165) is 39.8 Å². The van der Waals surface area contributed by atoms with E-state index in [-0.39, 0.29) is 0 Å². The molecule has 0 unspecified atom stereocenters. The molecule has 0 spiro atoms. The van der Waals surface area contributed by atoms with Gasteiger partial charge in [-0.25, -0.2) is 0 Å². The van der Waals surface area contributed by atoms with Crippen LogP contribution in [0, 0.1) is 0 Å². The number of anilines is 6. The average Bonchev–Trinajstić information content (AvgIpc) is 3.80. The zero-order valence-corrected chi connectivity index (χ0v) is 40.0. The Morgan fingerprint density at radius 3 is 1.19 bits per heavy atom. The Bertz CT molecular complexity index is 4310. The number of hydrogen-bond donors (Lipinski definition) is 0. The summed E-state index contributed by atoms with van der Waals surface area (Å²) in [5, 5.41) is 12.6. The van der Waals surface area contributed by atoms with Gasteiger partial charge in [-0.05, 0) is 175 Å². The first-order valence-corrected chi connectivity index (χ1v) is 25.1. The van der Waals surface area contributed by atoms with Gasteiger partial charge in [0.1, 0.15) is 0 Å². The van der Waals surface area contributed by atoms with E-state index < -0.39 is 0 Å². The van der Waals surface area contributed by atoms with Gasteiger partial charge in [-0.3, -0.25) is 0 Å². The summed E-state index contributed by atoms with van der Waals surface area (Å²) >= 11 is 0. The maximum absolute atomic E-state index is 2.37. The first kappa shape index (κ1) is 42.2. The first-order chi connectivity index (χ1) is 36.2. The molecule has 0 atom stereocenters. The number of para-hydroxylation sites is 3. The van der Waals surface area contributed by atoms with Gasteiger partial charge >= 0.3 is 0 Å². The van der Waals surface area contributed by atoms with Gasteiger partial charge in [-0.15, -0.1) is 0 Å². The van der Waals surface area contributed by atoms with Crippen LogP contribution in [0.15, 0.2) is 285 Å². The lowest BCUT2D eigenvalue weighted by Crippen LogP contribution is -2.12. The third-order valence-corrected chi connectivity index (χ3v) is 14.7. The quantitative estimate of drug-likeness (QED) is 0.134. The van der Waals surface area contributed by atoms with Crippen molar-refractivity contribution in [3.05, 3.63) is 285 Å². The molecule has 1 aromatic heterocycles. The zero-order valence-electron chi connectivity index (χ0n) is 40.0. The molecule has 3 nitrogen and oxygen atoms in total. The minimum absolute atomic E-state index is 1.06. The molecular formula is C70H47N3. The molecule has 0 bridgehead atoms. The maximum atomic E-state index is 2.37. The highest BCUT2D eigenvalue weighted by Gasteiger charge is 2.19. The van der Waals surface area contributed by atoms with Gasteiger partial charge < -0.3 is 14.4 Å². The molecule has 0 saturated carbocycles. The van der Waals surface area contributed by atoms with Crippen molar-refractivity contribution in [2.75, 3.05) is 9.80 Å². The van der Waals surface area contributed by atoms with Gasteiger partial charge in [0.2, 0.25) is 0 Å². The summed E-state index contributed by atoms with van der Waals surface area (Å²) in [6, 6.07) is 104. The molecule has 0 aliphatic carbocycles. The number of benzene rings is 13. The Morgan fingerprint density at radius 1 is 0.205 bits per heavy atom. The third-order valence-electron chi connectivity index (χ3n) is 14.7. The lowest BCUT2D eigenvalue weighted by molar-refractivity contribution is 1.18. The molecular weight excluding hydrogens is 883 g/mol. The summed E-state index contributed by atoms with van der Waals surface area (Å²) in [7, 11) is 0. The van der Waals surface area contributed by atoms with E-state index >= 15 is 0 Å². The predicted molar refractivity (Wildman–Crippen MR) is 311 cm³/mol. The van der Waals surface area contributed by atoms with Crippen molar-refractivity contribution in [1.29, 1.82) is 0 Å². The number of fused-ring (bicyclic) bond motifs is 10. The highest BCUT2D eigenvalue weighted by Crippen LogP contribution is 2.43. The molecule has 342 valence electrons. The van der Waals surface area contributed by atoms with Crippen LogP contribution in [0.1, 0.15) is 0 Å². The zero-order chi connectivity index (χ0) is 48.2. The summed E-state index contributed by atoms with van der Waals surface area (Å²) in [5.41, 5.74) is 14.8. The third kappa shape index (κ3) is 7.37. The Balaban J connectivity index is 0.862. The molecule has 0 saturated heterocycles. The SMILES string of the molecule is c1ccc(N(c2ccc(N(c3ccc(-c4ccc5c6ccccc6c6ccccc6c5c4)cc3)c3ccc(-c4ccc5c(c4)c4ccccc4n5-c4ccccc4)cc3)cc2)c2ccc3ccccc3c2)cc1. The molecule has 14 rings (SSSR count). The fourth-order valence-electron chi connectivity index (χ4n) is 11.2. The van der Waals surface area contributed by atoms with Gasteiger partial charge in [0.25, 0.3) is 0 Å². The molecule has 0 fully saturated rings. The molecule has 0 aliphatic heterocycles. The smallest absolute Gasteiger partial charge is 0.0541 e. The molecule has 0 N–H and O–H groups in total. The highest BCUT2D eigenvalue weighted by atomic mass is 15.2. The van der Waals surface area contributed by atoms with Gasteiger partial charge in [-0.2, -0.15) is 0 Å². The van der Waals surface area contributed by atoms with Crippen molar-refractivity contribution in [3.63, 3.8) is 0 Å². The van der Waals surface area contributed by atoms with Crippen LogP contribution in [-0.4, -0.2) is 4.57 Å². The molecule has 73 heavy (non-hydrogen) atoms. The monoisotopic (exact) mass is 929 g/mol. The molecule has 14 aromatic rings. The Kier molecular flexibility index (Phi) is 10.2. The Hall–Kier alpha value is -9.70. The van der Waals surface area contributed by atoms with E-state index in [2.05, 4.69) is 299 Å². The standard InChI is InChI=1S/C70H47N3/c1-3-17-54(18-4-1)72(60-38-31-48-15-7-8-16-51(48)45-60)59-41-39-58(40-42-59)71(56-34-27-49(28-35-56)52-32-43-65-63-23-10-9-21-61(63)62-22-11-12-24-64(62)67(65)46-52)57-36-29-50(30-37-57)53-33-44-70-68(47-53)66-25-13-14-26-69(66)73(70)55-19-5-2-6-20-55/h1-47H. The topological polar surface area (TPSA) is 11.4 Å². The molecule has 0 radical (unpaired) electrons. The largest absolute Gasteiger partial charge is 0.311 e. The molecule has 1 heterocycles. The second-order valence-electron chi connectivity index (χ2n) is 18.9. The second-order valence-corrected chi connectivity index (χ2v) is 18.9. The minimum atomic E-state index is 1.06. The number of rotatable bonds is 9. The van der Waals surface area contributed by atoms with Crippen molar-refractivity contribution in [2.24, 2.45) is 0 Å². The summed E-state index contributed by atoms with van der Waals surface area (Å²) in [4.78, 5) is 4.71. The summed E-state index contributed by atoms with van der Waals surface area (Å²) in [6.45, 7) is 0. The highest BCUT2D eigenvalue weighted by molar-refractivity contribution is 6.25. The van der Waals surface area contributed by atoms with Crippen molar-refractivity contribution < 1.29 is 0 Å². The van der Waals surface area contributed by atoms with Crippen LogP contribution in [-0.2, 0) is 0 Å². The van der Waals surface area contributed by atoms with Gasteiger partial charge in [0.05, 0.1) is 11.0 Å². The van der Waals surface area contributed by atoms with Crippen molar-refractivity contribution in [1.82, 2.24) is 4.57 Å². The van der Waals surface area contributed by atoms with Crippen LogP contribution in [0.3, 0.4) is 0 Å². The van der Waals surface area contributed by atoms with Crippen molar-refractivity contribution in [2.45, 2.75) is 0 Å². The second kappa shape index (κ2) is 17.6. The summed E-state index contributed by atoms with van der Waals surface area (Å²) in [5.74, 6) is 0. The lowest BCUT2D eigenvalue weighted by Gasteiger charge is -2.28. The predicted octanol–water partition coefficient (Wildman–Crippen LogP) is 19.7. The molecule has 3 heteroatoms. The van der Waals surface area contributed by atoms with Crippen LogP contribution < -0.4 is 9.80 Å². The summed E-state index contributed by atoms with van der Waals surface area (Å²) in [6.07, 6.45) is 0. The van der Waals surface area contributed by atoms with Gasteiger partial charge in [-0.1, -0.05) is 176 Å². The van der Waals surface area contributed by atoms with Gasteiger partial charge in [0, 0.05) is 50.6 Å². The summed E-state index contributed by atoms with van der Waals surface area (Å²) < 4.78 is 2.37. The number of aromatic nitrogens is 1. The molecule has 0 aliphatic rings. The van der Waals surface area contributed by atoms with Crippen molar-refractivity contribution >= 4 is 99.0 Å². The fourth-order valence-corrected chi connectivity index (χ4v) is 11.2. The molecule has 0 amide bonds. The van der Waals surface area contributed by atoms with E-state index in [4.69, 9.17) is 0 Å². The van der Waals surface area contributed by atoms with Crippen LogP contribution in [0.2, 0.25) is 0 Å². The van der Waals surface area contributed by atoms with E-state index in [9.17, 15) is 0 Å². The molecule has 13 aromatic carbocycles. The fraction of sp³-hybridized carbons (Fsp3) is 0. The average molecular weight is 930 g/mol. The van der Waals surface area contributed by atoms with E-state index in [0.29, 0.717) is 0 Å². The van der Waals surface area contributed by atoms with Crippen molar-refractivity contribution in [3.8, 4) is 27.9 Å². The van der Waals surface area contributed by atoms with Crippen LogP contribution >= 0.6 is 0 Å². The lowest BCUT2D eigenvalue weighted by atomic mass is 9.92. The first-order valence-electron chi connectivity index (χ1n) is 25.1. The van der Waals surface area contributed by atoms with Crippen LogP contribution in [0.5, 0.6) is 0 Å². The van der Waals surface area contributed by atoms with E-state index in [1.165, 1.54) is 87.1 Å². The van der Waals surface area contributed by atoms with E-state index in [1.54, 1.807) is 0 Å². The van der Waals surface area contributed by atoms with Gasteiger partial charge in [0.15, 0.2) is 0 Å². The normalized spacial score (nSPS) is 11.6. The maximum Gasteiger partial charge on any atom is 0.0541 e. The van der Waals surface area contributed by atoms with Crippen LogP contribution in [0.25, 0.3) is 92.8 Å². The number of nitrogens with zero attached hydrogens (tertiary/aromatic N) is 3. The van der Waals surface area contributed by atoms with E-state index in [1.807, 2.05) is 0 Å². The number of hydrogen-bond acceptors (Lipinski definition) is 2. The Labute approximate surface area is 424 Å².